The average Bonchev–Trinajstić information content (AvgIpc) is 3.67. The molecule has 2 bridgehead atoms. The van der Waals surface area contributed by atoms with Crippen LogP contribution in [0.3, 0.4) is 0 Å². The van der Waals surface area contributed by atoms with E-state index in [-0.39, 0.29) is 23.5 Å². The van der Waals surface area contributed by atoms with Gasteiger partial charge in [0.1, 0.15) is 11.9 Å². The van der Waals surface area contributed by atoms with E-state index in [1.54, 1.807) is 13.2 Å². The number of likely N-dealkylation sites (tertiary alicyclic amines) is 1. The molecule has 2 heterocycles. The molecule has 0 aromatic heterocycles. The minimum absolute atomic E-state index is 0.0913. The second-order valence-electron chi connectivity index (χ2n) is 12.1. The molecule has 2 saturated carbocycles. The van der Waals surface area contributed by atoms with Crippen LogP contribution >= 0.6 is 0 Å². The molecule has 2 aliphatic heterocycles. The number of carbonyl (C=O) groups excluding carboxylic acids is 1. The van der Waals surface area contributed by atoms with Crippen LogP contribution in [0.5, 0.6) is 17.2 Å². The molecule has 1 saturated heterocycles. The third-order valence-electron chi connectivity index (χ3n) is 10.1. The van der Waals surface area contributed by atoms with Crippen molar-refractivity contribution in [3.8, 4) is 29.1 Å². The molecule has 5 aliphatic rings. The Labute approximate surface area is 224 Å². The van der Waals surface area contributed by atoms with Crippen LogP contribution in [0, 0.1) is 30.6 Å². The van der Waals surface area contributed by atoms with E-state index in [0.717, 1.165) is 72.7 Å². The first-order valence-corrected chi connectivity index (χ1v) is 14.1. The zero-order valence-corrected chi connectivity index (χ0v) is 22.5. The Morgan fingerprint density at radius 3 is 2.87 bits per heavy atom. The lowest BCUT2D eigenvalue weighted by molar-refractivity contribution is -0.134. The number of nitrogens with zero attached hydrogens (tertiary/aromatic N) is 2. The highest BCUT2D eigenvalue weighted by Crippen LogP contribution is 2.65. The molecule has 6 nitrogen and oxygen atoms in total. The number of amides is 1. The van der Waals surface area contributed by atoms with Gasteiger partial charge in [-0.15, -0.1) is 0 Å². The molecule has 3 fully saturated rings. The SMILES string of the molecule is COc1cc(O)c2c3c1O[C@H]1[C@@H](N(C)C(=O)C#Cc4cccc(C)c4)CC[C@H]4[C@@H](C2)N(CC2CC2)CC[C@@]341. The topological polar surface area (TPSA) is 62.2 Å². The van der Waals surface area contributed by atoms with Crippen molar-refractivity contribution in [1.29, 1.82) is 0 Å². The number of methoxy groups -OCH3 is 1. The van der Waals surface area contributed by atoms with Gasteiger partial charge in [0.2, 0.25) is 0 Å². The zero-order valence-electron chi connectivity index (χ0n) is 22.5. The second-order valence-corrected chi connectivity index (χ2v) is 12.1. The molecule has 7 rings (SSSR count). The lowest BCUT2D eigenvalue weighted by Crippen LogP contribution is -2.69. The lowest BCUT2D eigenvalue weighted by atomic mass is 9.50. The standard InChI is InChI=1S/C32H36N2O4/c1-19-5-4-6-20(15-19)9-12-28(36)33(2)24-11-10-23-25-16-22-26(35)17-27(37-3)30-29(22)32(23,31(24)38-30)13-14-34(25)18-21-7-8-21/h4-6,15,17,21,23-25,31,35H,7-8,10-11,13-14,16,18H2,1-3H3/t23-,24-,25+,31-,32-/m0/s1. The molecule has 0 unspecified atom stereocenters. The normalized spacial score (nSPS) is 30.5. The molecule has 198 valence electrons. The van der Waals surface area contributed by atoms with E-state index in [4.69, 9.17) is 9.47 Å². The van der Waals surface area contributed by atoms with Crippen LogP contribution in [-0.2, 0) is 16.6 Å². The number of rotatable bonds is 4. The monoisotopic (exact) mass is 512 g/mol. The average molecular weight is 513 g/mol. The van der Waals surface area contributed by atoms with Gasteiger partial charge in [-0.2, -0.15) is 0 Å². The molecular formula is C32H36N2O4. The van der Waals surface area contributed by atoms with Gasteiger partial charge in [-0.05, 0) is 81.5 Å². The number of hydrogen-bond donors (Lipinski definition) is 1. The predicted octanol–water partition coefficient (Wildman–Crippen LogP) is 4.04. The summed E-state index contributed by atoms with van der Waals surface area (Å²) >= 11 is 0. The summed E-state index contributed by atoms with van der Waals surface area (Å²) in [5.74, 6) is 8.73. The molecule has 6 heteroatoms. The van der Waals surface area contributed by atoms with Crippen LogP contribution in [0.2, 0.25) is 0 Å². The number of hydrogen-bond acceptors (Lipinski definition) is 5. The Morgan fingerprint density at radius 1 is 1.26 bits per heavy atom. The summed E-state index contributed by atoms with van der Waals surface area (Å²) in [5.41, 5.74) is 3.93. The molecule has 0 radical (unpaired) electrons. The molecule has 2 aromatic carbocycles. The fourth-order valence-electron chi connectivity index (χ4n) is 8.15. The maximum atomic E-state index is 13.4. The minimum Gasteiger partial charge on any atom is -0.508 e. The Bertz CT molecular complexity index is 1370. The van der Waals surface area contributed by atoms with Gasteiger partial charge in [0.05, 0.1) is 13.2 Å². The van der Waals surface area contributed by atoms with Crippen molar-refractivity contribution in [3.63, 3.8) is 0 Å². The van der Waals surface area contributed by atoms with Crippen LogP contribution in [0.1, 0.15) is 54.4 Å². The van der Waals surface area contributed by atoms with Crippen molar-refractivity contribution >= 4 is 5.91 Å². The number of phenols is 1. The summed E-state index contributed by atoms with van der Waals surface area (Å²) in [6, 6.07) is 9.96. The number of aryl methyl sites for hydroxylation is 1. The molecule has 1 amide bonds. The van der Waals surface area contributed by atoms with Gasteiger partial charge in [0, 0.05) is 53.7 Å². The van der Waals surface area contributed by atoms with Crippen molar-refractivity contribution in [3.05, 3.63) is 52.6 Å². The van der Waals surface area contributed by atoms with Gasteiger partial charge < -0.3 is 19.5 Å². The number of aromatic hydroxyl groups is 1. The minimum atomic E-state index is -0.221. The Hall–Kier alpha value is -3.17. The quantitative estimate of drug-likeness (QED) is 0.627. The van der Waals surface area contributed by atoms with E-state index in [1.165, 1.54) is 12.8 Å². The van der Waals surface area contributed by atoms with Crippen molar-refractivity contribution < 1.29 is 19.4 Å². The fraction of sp³-hybridized carbons (Fsp3) is 0.531. The van der Waals surface area contributed by atoms with Crippen molar-refractivity contribution in [2.75, 3.05) is 27.2 Å². The van der Waals surface area contributed by atoms with E-state index in [1.807, 2.05) is 43.1 Å². The third kappa shape index (κ3) is 3.48. The summed E-state index contributed by atoms with van der Waals surface area (Å²) < 4.78 is 12.6. The molecule has 1 N–H and O–H groups in total. The van der Waals surface area contributed by atoms with Crippen molar-refractivity contribution in [2.24, 2.45) is 11.8 Å². The number of carbonyl (C=O) groups is 1. The van der Waals surface area contributed by atoms with Gasteiger partial charge in [-0.3, -0.25) is 9.69 Å². The first kappa shape index (κ1) is 23.9. The van der Waals surface area contributed by atoms with Gasteiger partial charge in [-0.1, -0.05) is 18.1 Å². The maximum absolute atomic E-state index is 13.4. The maximum Gasteiger partial charge on any atom is 0.298 e. The molecule has 38 heavy (non-hydrogen) atoms. The number of likely N-dealkylation sites (N-methyl/N-ethyl adjacent to an activating group) is 1. The van der Waals surface area contributed by atoms with Crippen LogP contribution in [-0.4, -0.2) is 66.2 Å². The molecular weight excluding hydrogens is 476 g/mol. The fourth-order valence-corrected chi connectivity index (χ4v) is 8.15. The summed E-state index contributed by atoms with van der Waals surface area (Å²) in [4.78, 5) is 17.9. The highest BCUT2D eigenvalue weighted by Gasteiger charge is 2.67. The van der Waals surface area contributed by atoms with Gasteiger partial charge in [0.15, 0.2) is 11.5 Å². The van der Waals surface area contributed by atoms with Crippen molar-refractivity contribution in [2.45, 2.75) is 69.1 Å². The molecule has 1 spiro atoms. The van der Waals surface area contributed by atoms with E-state index in [0.29, 0.717) is 23.5 Å². The predicted molar refractivity (Wildman–Crippen MR) is 144 cm³/mol. The first-order chi connectivity index (χ1) is 18.4. The molecule has 5 atom stereocenters. The Kier molecular flexibility index (Phi) is 5.46. The van der Waals surface area contributed by atoms with Crippen LogP contribution in [0.4, 0.5) is 0 Å². The summed E-state index contributed by atoms with van der Waals surface area (Å²) in [6.07, 6.45) is 6.26. The smallest absolute Gasteiger partial charge is 0.298 e. The van der Waals surface area contributed by atoms with Crippen LogP contribution in [0.25, 0.3) is 0 Å². The van der Waals surface area contributed by atoms with E-state index in [9.17, 15) is 9.90 Å². The molecule has 3 aliphatic carbocycles. The number of piperidine rings is 1. The summed E-state index contributed by atoms with van der Waals surface area (Å²) in [6.45, 7) is 4.23. The van der Waals surface area contributed by atoms with E-state index in [2.05, 4.69) is 16.7 Å². The van der Waals surface area contributed by atoms with Gasteiger partial charge >= 0.3 is 0 Å². The van der Waals surface area contributed by atoms with Gasteiger partial charge in [0.25, 0.3) is 5.91 Å². The highest BCUT2D eigenvalue weighted by molar-refractivity contribution is 5.94. The number of benzene rings is 2. The number of phenolic OH excluding ortho intramolecular Hbond substituents is 1. The zero-order chi connectivity index (χ0) is 26.2. The van der Waals surface area contributed by atoms with Crippen LogP contribution in [0.15, 0.2) is 30.3 Å². The third-order valence-corrected chi connectivity index (χ3v) is 10.1. The Morgan fingerprint density at radius 2 is 2.11 bits per heavy atom. The van der Waals surface area contributed by atoms with E-state index < -0.39 is 0 Å². The lowest BCUT2D eigenvalue weighted by Gasteiger charge is -2.60. The second kappa shape index (κ2) is 8.68. The van der Waals surface area contributed by atoms with E-state index >= 15 is 0 Å². The first-order valence-electron chi connectivity index (χ1n) is 14.1. The Balaban J connectivity index is 1.26. The summed E-state index contributed by atoms with van der Waals surface area (Å²) in [5, 5.41) is 11.2. The summed E-state index contributed by atoms with van der Waals surface area (Å²) in [7, 11) is 3.51. The molecule has 2 aromatic rings. The van der Waals surface area contributed by atoms with Crippen LogP contribution < -0.4 is 9.47 Å². The highest BCUT2D eigenvalue weighted by atomic mass is 16.5. The number of ether oxygens (including phenoxy) is 2. The van der Waals surface area contributed by atoms with Gasteiger partial charge in [-0.25, -0.2) is 0 Å². The largest absolute Gasteiger partial charge is 0.508 e. The van der Waals surface area contributed by atoms with Crippen molar-refractivity contribution in [1.82, 2.24) is 9.80 Å².